The van der Waals surface area contributed by atoms with E-state index in [1.165, 1.54) is 16.7 Å². The smallest absolute Gasteiger partial charge is 0.118 e. The number of methoxy groups -OCH3 is 1. The van der Waals surface area contributed by atoms with Gasteiger partial charge in [-0.2, -0.15) is 0 Å². The van der Waals surface area contributed by atoms with Crippen LogP contribution in [0.15, 0.2) is 72.8 Å². The van der Waals surface area contributed by atoms with Gasteiger partial charge in [0.05, 0.1) is 7.11 Å². The van der Waals surface area contributed by atoms with Gasteiger partial charge in [0.15, 0.2) is 0 Å². The highest BCUT2D eigenvalue weighted by molar-refractivity contribution is 5.40. The van der Waals surface area contributed by atoms with Crippen LogP contribution in [0.5, 0.6) is 5.75 Å². The largest absolute Gasteiger partial charge is 0.497 e. The van der Waals surface area contributed by atoms with E-state index >= 15 is 0 Å². The molecule has 3 aromatic carbocycles. The fourth-order valence-electron chi connectivity index (χ4n) is 5.13. The number of ether oxygens (including phenoxy) is 1. The fraction of sp³-hybridized carbons (Fsp3) is 0.400. The van der Waals surface area contributed by atoms with E-state index in [-0.39, 0.29) is 5.92 Å². The molecule has 0 bridgehead atoms. The van der Waals surface area contributed by atoms with Gasteiger partial charge >= 0.3 is 0 Å². The van der Waals surface area contributed by atoms with Crippen LogP contribution in [-0.4, -0.2) is 30.2 Å². The summed E-state index contributed by atoms with van der Waals surface area (Å²) in [5.74, 6) is 1.08. The van der Waals surface area contributed by atoms with E-state index in [1.54, 1.807) is 7.11 Å². The number of hydrogen-bond acceptors (Lipinski definition) is 3. The first-order chi connectivity index (χ1) is 16.1. The standard InChI is InChI=1S/C30H37NO2/c1-4-23-6-12-26(13-7-23)30(32,27-14-8-24(5-2)9-15-27)28-18-20-31(21-19-28)22-25-10-16-29(33-3)17-11-25/h6-17,28,32H,4-5,18-22H2,1-3H3. The highest BCUT2D eigenvalue weighted by Gasteiger charge is 2.41. The van der Waals surface area contributed by atoms with E-state index < -0.39 is 5.60 Å². The molecule has 0 aliphatic carbocycles. The summed E-state index contributed by atoms with van der Waals surface area (Å²) in [5, 5.41) is 12.3. The molecule has 1 N–H and O–H groups in total. The average Bonchev–Trinajstić information content (AvgIpc) is 2.89. The Kier molecular flexibility index (Phi) is 7.52. The maximum atomic E-state index is 12.3. The fourth-order valence-corrected chi connectivity index (χ4v) is 5.13. The van der Waals surface area contributed by atoms with Crippen molar-refractivity contribution in [2.45, 2.75) is 51.7 Å². The summed E-state index contributed by atoms with van der Waals surface area (Å²) in [6.45, 7) is 7.25. The molecule has 0 amide bonds. The van der Waals surface area contributed by atoms with Crippen molar-refractivity contribution in [3.05, 3.63) is 101 Å². The Morgan fingerprint density at radius 2 is 1.21 bits per heavy atom. The van der Waals surface area contributed by atoms with Gasteiger partial charge in [-0.05, 0) is 84.6 Å². The number of piperidine rings is 1. The summed E-state index contributed by atoms with van der Waals surface area (Å²) in [6, 6.07) is 25.6. The third-order valence-electron chi connectivity index (χ3n) is 7.35. The van der Waals surface area contributed by atoms with Gasteiger partial charge in [0.25, 0.3) is 0 Å². The van der Waals surface area contributed by atoms with Crippen LogP contribution in [0, 0.1) is 5.92 Å². The van der Waals surface area contributed by atoms with Crippen LogP contribution in [0.2, 0.25) is 0 Å². The van der Waals surface area contributed by atoms with Crippen LogP contribution in [0.1, 0.15) is 54.5 Å². The first-order valence-electron chi connectivity index (χ1n) is 12.3. The lowest BCUT2D eigenvalue weighted by atomic mass is 9.71. The van der Waals surface area contributed by atoms with Gasteiger partial charge in [0.1, 0.15) is 11.4 Å². The highest BCUT2D eigenvalue weighted by Crippen LogP contribution is 2.42. The van der Waals surface area contributed by atoms with E-state index in [1.807, 2.05) is 12.1 Å². The van der Waals surface area contributed by atoms with Crippen molar-refractivity contribution in [2.24, 2.45) is 5.92 Å². The molecule has 3 aromatic rings. The number of nitrogens with zero attached hydrogens (tertiary/aromatic N) is 1. The normalized spacial score (nSPS) is 15.5. The van der Waals surface area contributed by atoms with Gasteiger partial charge in [0.2, 0.25) is 0 Å². The number of likely N-dealkylation sites (tertiary alicyclic amines) is 1. The molecule has 0 radical (unpaired) electrons. The zero-order chi connectivity index (χ0) is 23.3. The van der Waals surface area contributed by atoms with Gasteiger partial charge in [-0.1, -0.05) is 74.5 Å². The van der Waals surface area contributed by atoms with Crippen molar-refractivity contribution in [1.82, 2.24) is 4.90 Å². The van der Waals surface area contributed by atoms with Gasteiger partial charge in [-0.15, -0.1) is 0 Å². The van der Waals surface area contributed by atoms with Crippen molar-refractivity contribution < 1.29 is 9.84 Å². The minimum atomic E-state index is -0.968. The molecule has 0 atom stereocenters. The second kappa shape index (κ2) is 10.5. The van der Waals surface area contributed by atoms with E-state index in [0.29, 0.717) is 0 Å². The Labute approximate surface area is 199 Å². The van der Waals surface area contributed by atoms with Crippen molar-refractivity contribution in [2.75, 3.05) is 20.2 Å². The predicted molar refractivity (Wildman–Crippen MR) is 136 cm³/mol. The highest BCUT2D eigenvalue weighted by atomic mass is 16.5. The van der Waals surface area contributed by atoms with Crippen molar-refractivity contribution in [3.8, 4) is 5.75 Å². The lowest BCUT2D eigenvalue weighted by molar-refractivity contribution is -0.0152. The Hall–Kier alpha value is -2.62. The molecule has 3 heteroatoms. The Morgan fingerprint density at radius 1 is 0.758 bits per heavy atom. The van der Waals surface area contributed by atoms with Crippen LogP contribution in [0.4, 0.5) is 0 Å². The first-order valence-corrected chi connectivity index (χ1v) is 12.3. The molecule has 0 aromatic heterocycles. The third-order valence-corrected chi connectivity index (χ3v) is 7.35. The Balaban J connectivity index is 1.54. The van der Waals surface area contributed by atoms with Gasteiger partial charge < -0.3 is 9.84 Å². The van der Waals surface area contributed by atoms with Crippen LogP contribution in [-0.2, 0) is 25.0 Å². The molecule has 0 unspecified atom stereocenters. The molecule has 1 aliphatic rings. The second-order valence-electron chi connectivity index (χ2n) is 9.27. The lowest BCUT2D eigenvalue weighted by Gasteiger charge is -2.42. The third kappa shape index (κ3) is 5.15. The van der Waals surface area contributed by atoms with Crippen LogP contribution in [0.25, 0.3) is 0 Å². The number of aliphatic hydroxyl groups is 1. The maximum absolute atomic E-state index is 12.3. The zero-order valence-electron chi connectivity index (χ0n) is 20.3. The predicted octanol–water partition coefficient (Wildman–Crippen LogP) is 5.97. The molecule has 1 fully saturated rings. The van der Waals surface area contributed by atoms with Gasteiger partial charge in [0, 0.05) is 6.54 Å². The molecule has 1 saturated heterocycles. The number of hydrogen-bond donors (Lipinski definition) is 1. The van der Waals surface area contributed by atoms with Crippen LogP contribution in [0.3, 0.4) is 0 Å². The van der Waals surface area contributed by atoms with Crippen molar-refractivity contribution in [1.29, 1.82) is 0 Å². The summed E-state index contributed by atoms with van der Waals surface area (Å²) in [6.07, 6.45) is 3.96. The summed E-state index contributed by atoms with van der Waals surface area (Å²) >= 11 is 0. The molecular formula is C30H37NO2. The van der Waals surface area contributed by atoms with E-state index in [2.05, 4.69) is 79.4 Å². The Bertz CT molecular complexity index is 953. The zero-order valence-corrected chi connectivity index (χ0v) is 20.3. The number of aryl methyl sites for hydroxylation is 2. The summed E-state index contributed by atoms with van der Waals surface area (Å²) in [4.78, 5) is 2.50. The summed E-state index contributed by atoms with van der Waals surface area (Å²) in [7, 11) is 1.70. The van der Waals surface area contributed by atoms with Crippen LogP contribution < -0.4 is 4.74 Å². The molecule has 0 saturated carbocycles. The lowest BCUT2D eigenvalue weighted by Crippen LogP contribution is -2.44. The van der Waals surface area contributed by atoms with Gasteiger partial charge in [-0.25, -0.2) is 0 Å². The van der Waals surface area contributed by atoms with Crippen LogP contribution >= 0.6 is 0 Å². The van der Waals surface area contributed by atoms with E-state index in [9.17, 15) is 5.11 Å². The maximum Gasteiger partial charge on any atom is 0.118 e. The minimum absolute atomic E-state index is 0.185. The topological polar surface area (TPSA) is 32.7 Å². The molecular weight excluding hydrogens is 406 g/mol. The molecule has 33 heavy (non-hydrogen) atoms. The summed E-state index contributed by atoms with van der Waals surface area (Å²) < 4.78 is 5.28. The van der Waals surface area contributed by atoms with E-state index in [4.69, 9.17) is 4.74 Å². The molecule has 1 heterocycles. The number of rotatable bonds is 8. The Morgan fingerprint density at radius 3 is 1.64 bits per heavy atom. The molecule has 1 aliphatic heterocycles. The minimum Gasteiger partial charge on any atom is -0.497 e. The SMILES string of the molecule is CCc1ccc(C(O)(c2ccc(CC)cc2)C2CCN(Cc3ccc(OC)cc3)CC2)cc1. The quantitative estimate of drug-likeness (QED) is 0.466. The molecule has 0 spiro atoms. The monoisotopic (exact) mass is 443 g/mol. The van der Waals surface area contributed by atoms with E-state index in [0.717, 1.165) is 62.2 Å². The molecule has 174 valence electrons. The molecule has 3 nitrogen and oxygen atoms in total. The first kappa shape index (κ1) is 23.5. The average molecular weight is 444 g/mol. The van der Waals surface area contributed by atoms with Crippen molar-refractivity contribution >= 4 is 0 Å². The van der Waals surface area contributed by atoms with Gasteiger partial charge in [-0.3, -0.25) is 4.90 Å². The second-order valence-corrected chi connectivity index (χ2v) is 9.27. The number of benzene rings is 3. The summed E-state index contributed by atoms with van der Waals surface area (Å²) in [5.41, 5.74) is 4.96. The molecule has 4 rings (SSSR count). The van der Waals surface area contributed by atoms with Crippen molar-refractivity contribution in [3.63, 3.8) is 0 Å².